The number of nitrogens with one attached hydrogen (secondary N) is 1. The molecule has 2 heterocycles. The zero-order chi connectivity index (χ0) is 20.3. The van der Waals surface area contributed by atoms with Gasteiger partial charge in [0.1, 0.15) is 11.7 Å². The van der Waals surface area contributed by atoms with Crippen molar-refractivity contribution >= 4 is 5.95 Å². The zero-order valence-electron chi connectivity index (χ0n) is 15.3. The molecule has 1 saturated heterocycles. The van der Waals surface area contributed by atoms with Crippen LogP contribution in [0, 0.1) is 0 Å². The number of nitrogens with zero attached hydrogens (tertiary/aromatic N) is 2. The Hall–Kier alpha value is -3.13. The van der Waals surface area contributed by atoms with Crippen LogP contribution in [0.25, 0.3) is 11.1 Å². The Morgan fingerprint density at radius 2 is 1.69 bits per heavy atom. The van der Waals surface area contributed by atoms with Gasteiger partial charge in [0, 0.05) is 12.7 Å². The van der Waals surface area contributed by atoms with E-state index < -0.39 is 23.7 Å². The Morgan fingerprint density at radius 3 is 2.31 bits per heavy atom. The average molecular weight is 401 g/mol. The van der Waals surface area contributed by atoms with Crippen molar-refractivity contribution in [2.24, 2.45) is 0 Å². The predicted molar refractivity (Wildman–Crippen MR) is 101 cm³/mol. The normalized spacial score (nSPS) is 14.3. The summed E-state index contributed by atoms with van der Waals surface area (Å²) < 4.78 is 49.8. The van der Waals surface area contributed by atoms with Crippen LogP contribution in [0.3, 0.4) is 0 Å². The molecular weight excluding hydrogens is 383 g/mol. The first kappa shape index (κ1) is 19.2. The highest BCUT2D eigenvalue weighted by atomic mass is 19.4. The number of aromatic nitrogens is 2. The van der Waals surface area contributed by atoms with Gasteiger partial charge in [-0.15, -0.1) is 0 Å². The minimum Gasteiger partial charge on any atom is -0.469 e. The monoisotopic (exact) mass is 401 g/mol. The smallest absolute Gasteiger partial charge is 0.423 e. The summed E-state index contributed by atoms with van der Waals surface area (Å²) in [4.78, 5) is 7.70. The van der Waals surface area contributed by atoms with Crippen molar-refractivity contribution in [3.8, 4) is 17.0 Å². The van der Waals surface area contributed by atoms with Gasteiger partial charge in [0.2, 0.25) is 11.8 Å². The fourth-order valence-electron chi connectivity index (χ4n) is 2.80. The second kappa shape index (κ2) is 8.08. The standard InChI is InChI=1S/C21H18F3N3O2/c22-21(23,24)18-11-26-20(27-19(18)29-17-12-28-13-17)25-10-14-6-8-16(9-7-14)15-4-2-1-3-5-15/h1-9,11,17H,10,12-13H2,(H,25,26,27). The second-order valence-corrected chi connectivity index (χ2v) is 6.60. The number of rotatable bonds is 6. The first-order chi connectivity index (χ1) is 14.0. The van der Waals surface area contributed by atoms with Crippen molar-refractivity contribution in [2.45, 2.75) is 18.8 Å². The van der Waals surface area contributed by atoms with Gasteiger partial charge < -0.3 is 14.8 Å². The van der Waals surface area contributed by atoms with Gasteiger partial charge in [-0.3, -0.25) is 0 Å². The highest BCUT2D eigenvalue weighted by Crippen LogP contribution is 2.35. The molecule has 0 atom stereocenters. The third-order valence-corrected chi connectivity index (χ3v) is 4.46. The molecule has 150 valence electrons. The number of anilines is 1. The molecule has 0 bridgehead atoms. The minimum atomic E-state index is -4.59. The number of halogens is 3. The Bertz CT molecular complexity index is 959. The van der Waals surface area contributed by atoms with Gasteiger partial charge in [-0.2, -0.15) is 18.2 Å². The number of ether oxygens (including phenoxy) is 2. The molecule has 0 spiro atoms. The highest BCUT2D eigenvalue weighted by Gasteiger charge is 2.37. The molecule has 1 fully saturated rings. The first-order valence-corrected chi connectivity index (χ1v) is 9.06. The number of hydrogen-bond acceptors (Lipinski definition) is 5. The van der Waals surface area contributed by atoms with E-state index in [9.17, 15) is 13.2 Å². The molecule has 0 unspecified atom stereocenters. The number of hydrogen-bond donors (Lipinski definition) is 1. The van der Waals surface area contributed by atoms with Gasteiger partial charge in [0.05, 0.1) is 13.2 Å². The summed E-state index contributed by atoms with van der Waals surface area (Å²) >= 11 is 0. The molecule has 0 saturated carbocycles. The Labute approximate surface area is 165 Å². The molecule has 1 aliphatic heterocycles. The minimum absolute atomic E-state index is 0.0698. The fourth-order valence-corrected chi connectivity index (χ4v) is 2.80. The van der Waals surface area contributed by atoms with E-state index in [-0.39, 0.29) is 19.2 Å². The number of benzene rings is 2. The van der Waals surface area contributed by atoms with Crippen molar-refractivity contribution in [3.05, 3.63) is 71.9 Å². The lowest BCUT2D eigenvalue weighted by molar-refractivity contribution is -0.142. The Kier molecular flexibility index (Phi) is 5.35. The third-order valence-electron chi connectivity index (χ3n) is 4.46. The van der Waals surface area contributed by atoms with Crippen LogP contribution in [0.5, 0.6) is 5.88 Å². The van der Waals surface area contributed by atoms with Gasteiger partial charge in [-0.1, -0.05) is 54.6 Å². The summed E-state index contributed by atoms with van der Waals surface area (Å²) in [6.07, 6.45) is -4.28. The highest BCUT2D eigenvalue weighted by molar-refractivity contribution is 5.63. The maximum atomic E-state index is 13.2. The lowest BCUT2D eigenvalue weighted by Crippen LogP contribution is -2.39. The molecule has 0 aliphatic carbocycles. The zero-order valence-corrected chi connectivity index (χ0v) is 15.3. The molecule has 8 heteroatoms. The summed E-state index contributed by atoms with van der Waals surface area (Å²) in [5.74, 6) is -0.414. The quantitative estimate of drug-likeness (QED) is 0.657. The van der Waals surface area contributed by atoms with Crippen LogP contribution in [0.1, 0.15) is 11.1 Å². The maximum Gasteiger partial charge on any atom is 0.423 e. The molecule has 0 amide bonds. The molecule has 4 rings (SSSR count). The van der Waals surface area contributed by atoms with Crippen LogP contribution in [-0.4, -0.2) is 29.3 Å². The molecule has 0 radical (unpaired) electrons. The number of alkyl halides is 3. The van der Waals surface area contributed by atoms with E-state index in [0.717, 1.165) is 22.9 Å². The average Bonchev–Trinajstić information content (AvgIpc) is 2.69. The lowest BCUT2D eigenvalue weighted by Gasteiger charge is -2.27. The molecule has 1 N–H and O–H groups in total. The molecule has 1 aliphatic rings. The summed E-state index contributed by atoms with van der Waals surface area (Å²) in [5.41, 5.74) is 2.14. The summed E-state index contributed by atoms with van der Waals surface area (Å²) in [6.45, 7) is 0.863. The van der Waals surface area contributed by atoms with E-state index in [1.165, 1.54) is 0 Å². The molecule has 5 nitrogen and oxygen atoms in total. The first-order valence-electron chi connectivity index (χ1n) is 9.06. The molecule has 3 aromatic rings. The molecule has 1 aromatic heterocycles. The van der Waals surface area contributed by atoms with E-state index in [1.54, 1.807) is 0 Å². The second-order valence-electron chi connectivity index (χ2n) is 6.60. The van der Waals surface area contributed by atoms with E-state index in [1.807, 2.05) is 54.6 Å². The predicted octanol–water partition coefficient (Wildman–Crippen LogP) is 4.55. The maximum absolute atomic E-state index is 13.2. The molecule has 2 aromatic carbocycles. The fraction of sp³-hybridized carbons (Fsp3) is 0.238. The van der Waals surface area contributed by atoms with E-state index in [4.69, 9.17) is 9.47 Å². The van der Waals surface area contributed by atoms with Crippen LogP contribution in [-0.2, 0) is 17.5 Å². The van der Waals surface area contributed by atoms with Crippen molar-refractivity contribution in [1.82, 2.24) is 9.97 Å². The van der Waals surface area contributed by atoms with Crippen LogP contribution in [0.4, 0.5) is 19.1 Å². The van der Waals surface area contributed by atoms with Crippen molar-refractivity contribution in [3.63, 3.8) is 0 Å². The van der Waals surface area contributed by atoms with Crippen LogP contribution < -0.4 is 10.1 Å². The van der Waals surface area contributed by atoms with Gasteiger partial charge in [-0.05, 0) is 16.7 Å². The van der Waals surface area contributed by atoms with E-state index in [2.05, 4.69) is 15.3 Å². The van der Waals surface area contributed by atoms with Crippen LogP contribution in [0.15, 0.2) is 60.8 Å². The van der Waals surface area contributed by atoms with Crippen LogP contribution in [0.2, 0.25) is 0 Å². The van der Waals surface area contributed by atoms with Crippen molar-refractivity contribution in [1.29, 1.82) is 0 Å². The third kappa shape index (κ3) is 4.65. The molecule has 29 heavy (non-hydrogen) atoms. The Balaban J connectivity index is 1.45. The van der Waals surface area contributed by atoms with Gasteiger partial charge in [-0.25, -0.2) is 4.98 Å². The van der Waals surface area contributed by atoms with Gasteiger partial charge in [0.15, 0.2) is 0 Å². The largest absolute Gasteiger partial charge is 0.469 e. The van der Waals surface area contributed by atoms with Gasteiger partial charge in [0.25, 0.3) is 0 Å². The van der Waals surface area contributed by atoms with Crippen molar-refractivity contribution < 1.29 is 22.6 Å². The lowest BCUT2D eigenvalue weighted by atomic mass is 10.0. The van der Waals surface area contributed by atoms with E-state index in [0.29, 0.717) is 6.54 Å². The Morgan fingerprint density at radius 1 is 1.00 bits per heavy atom. The van der Waals surface area contributed by atoms with Crippen molar-refractivity contribution in [2.75, 3.05) is 18.5 Å². The summed E-state index contributed by atoms with van der Waals surface area (Å²) in [6, 6.07) is 17.8. The summed E-state index contributed by atoms with van der Waals surface area (Å²) in [7, 11) is 0. The van der Waals surface area contributed by atoms with Crippen LogP contribution >= 0.6 is 0 Å². The van der Waals surface area contributed by atoms with Gasteiger partial charge >= 0.3 is 6.18 Å². The van der Waals surface area contributed by atoms with E-state index >= 15 is 0 Å². The summed E-state index contributed by atoms with van der Waals surface area (Å²) in [5, 5.41) is 2.95. The SMILES string of the molecule is FC(F)(F)c1cnc(NCc2ccc(-c3ccccc3)cc2)nc1OC1COC1. The molecular formula is C21H18F3N3O2. The topological polar surface area (TPSA) is 56.3 Å².